The molecule has 3 heteroatoms. The van der Waals surface area contributed by atoms with Gasteiger partial charge in [0.1, 0.15) is 5.52 Å². The second-order valence-electron chi connectivity index (χ2n) is 4.09. The van der Waals surface area contributed by atoms with Gasteiger partial charge in [0.15, 0.2) is 11.4 Å². The van der Waals surface area contributed by atoms with Crippen molar-refractivity contribution in [1.29, 1.82) is 0 Å². The predicted molar refractivity (Wildman–Crippen MR) is 69.4 cm³/mol. The van der Waals surface area contributed by atoms with Gasteiger partial charge in [-0.3, -0.25) is 4.79 Å². The normalized spacial score (nSPS) is 10.7. The van der Waals surface area contributed by atoms with Crippen LogP contribution in [0, 0.1) is 0 Å². The summed E-state index contributed by atoms with van der Waals surface area (Å²) >= 11 is 0. The van der Waals surface area contributed by atoms with Crippen LogP contribution in [0.5, 0.6) is 0 Å². The third kappa shape index (κ3) is 1.70. The van der Waals surface area contributed by atoms with Gasteiger partial charge in [0.25, 0.3) is 0 Å². The Hall–Kier alpha value is -2.42. The Kier molecular flexibility index (Phi) is 2.45. The predicted octanol–water partition coefficient (Wildman–Crippen LogP) is 3.70. The summed E-state index contributed by atoms with van der Waals surface area (Å²) in [5.41, 5.74) is 2.89. The first-order valence-corrected chi connectivity index (χ1v) is 5.71. The lowest BCUT2D eigenvalue weighted by Gasteiger charge is -2.01. The molecular weight excluding hydrogens is 226 g/mol. The summed E-state index contributed by atoms with van der Waals surface area (Å²) in [7, 11) is 0. The van der Waals surface area contributed by atoms with Gasteiger partial charge in [0.05, 0.1) is 0 Å². The smallest absolute Gasteiger partial charge is 0.228 e. The van der Waals surface area contributed by atoms with Crippen molar-refractivity contribution in [2.75, 3.05) is 0 Å². The van der Waals surface area contributed by atoms with Crippen molar-refractivity contribution in [3.8, 4) is 11.5 Å². The minimum atomic E-state index is 0.00727. The molecule has 0 aliphatic rings. The molecule has 1 heterocycles. The van der Waals surface area contributed by atoms with Crippen LogP contribution in [-0.2, 0) is 0 Å². The SMILES string of the molecule is CC(=O)c1ccccc1-c1nc2ccccc2o1. The van der Waals surface area contributed by atoms with Gasteiger partial charge in [0.2, 0.25) is 5.89 Å². The van der Waals surface area contributed by atoms with E-state index in [1.54, 1.807) is 13.0 Å². The second-order valence-corrected chi connectivity index (χ2v) is 4.09. The molecule has 0 unspecified atom stereocenters. The molecule has 0 amide bonds. The van der Waals surface area contributed by atoms with Crippen LogP contribution in [0.25, 0.3) is 22.6 Å². The Balaban J connectivity index is 2.23. The molecule has 0 N–H and O–H groups in total. The summed E-state index contributed by atoms with van der Waals surface area (Å²) < 4.78 is 5.68. The zero-order valence-electron chi connectivity index (χ0n) is 9.88. The quantitative estimate of drug-likeness (QED) is 0.638. The lowest BCUT2D eigenvalue weighted by molar-refractivity contribution is 0.101. The van der Waals surface area contributed by atoms with E-state index in [0.29, 0.717) is 11.5 Å². The molecule has 3 rings (SSSR count). The Bertz CT molecular complexity index is 695. The van der Waals surface area contributed by atoms with Gasteiger partial charge in [-0.2, -0.15) is 0 Å². The molecule has 0 bridgehead atoms. The van der Waals surface area contributed by atoms with E-state index in [-0.39, 0.29) is 5.78 Å². The van der Waals surface area contributed by atoms with Gasteiger partial charge in [-0.15, -0.1) is 0 Å². The molecular formula is C15H11NO2. The number of rotatable bonds is 2. The van der Waals surface area contributed by atoms with E-state index < -0.39 is 0 Å². The van der Waals surface area contributed by atoms with E-state index in [1.165, 1.54) is 0 Å². The van der Waals surface area contributed by atoms with Gasteiger partial charge in [0, 0.05) is 11.1 Å². The highest BCUT2D eigenvalue weighted by Gasteiger charge is 2.13. The molecule has 0 radical (unpaired) electrons. The Morgan fingerprint density at radius 3 is 2.56 bits per heavy atom. The van der Waals surface area contributed by atoms with E-state index in [2.05, 4.69) is 4.98 Å². The maximum Gasteiger partial charge on any atom is 0.228 e. The summed E-state index contributed by atoms with van der Waals surface area (Å²) in [5.74, 6) is 0.495. The number of oxazole rings is 1. The minimum absolute atomic E-state index is 0.00727. The summed E-state index contributed by atoms with van der Waals surface area (Å²) in [6.07, 6.45) is 0. The first-order chi connectivity index (χ1) is 8.75. The molecule has 0 spiro atoms. The molecule has 0 atom stereocenters. The lowest BCUT2D eigenvalue weighted by Crippen LogP contribution is -1.95. The van der Waals surface area contributed by atoms with Gasteiger partial charge in [-0.25, -0.2) is 4.98 Å². The van der Waals surface area contributed by atoms with E-state index in [1.807, 2.05) is 42.5 Å². The number of aromatic nitrogens is 1. The van der Waals surface area contributed by atoms with E-state index in [0.717, 1.165) is 16.7 Å². The number of fused-ring (bicyclic) bond motifs is 1. The molecule has 0 aliphatic carbocycles. The maximum absolute atomic E-state index is 11.6. The molecule has 18 heavy (non-hydrogen) atoms. The fourth-order valence-corrected chi connectivity index (χ4v) is 1.96. The average Bonchev–Trinajstić information content (AvgIpc) is 2.82. The first-order valence-electron chi connectivity index (χ1n) is 5.71. The fraction of sp³-hybridized carbons (Fsp3) is 0.0667. The molecule has 0 saturated carbocycles. The largest absolute Gasteiger partial charge is 0.436 e. The van der Waals surface area contributed by atoms with Gasteiger partial charge in [-0.1, -0.05) is 30.3 Å². The van der Waals surface area contributed by atoms with Crippen LogP contribution >= 0.6 is 0 Å². The van der Waals surface area contributed by atoms with Gasteiger partial charge in [-0.05, 0) is 25.1 Å². The molecule has 0 saturated heterocycles. The minimum Gasteiger partial charge on any atom is -0.436 e. The molecule has 0 fully saturated rings. The number of benzene rings is 2. The third-order valence-electron chi connectivity index (χ3n) is 2.83. The highest BCUT2D eigenvalue weighted by Crippen LogP contribution is 2.26. The monoisotopic (exact) mass is 237 g/mol. The maximum atomic E-state index is 11.6. The van der Waals surface area contributed by atoms with Crippen LogP contribution in [0.2, 0.25) is 0 Å². The number of carbonyl (C=O) groups excluding carboxylic acids is 1. The van der Waals surface area contributed by atoms with Crippen LogP contribution < -0.4 is 0 Å². The molecule has 3 aromatic rings. The molecule has 2 aromatic carbocycles. The number of Topliss-reactive ketones (excluding diaryl/α,β-unsaturated/α-hetero) is 1. The van der Waals surface area contributed by atoms with E-state index in [4.69, 9.17) is 4.42 Å². The highest BCUT2D eigenvalue weighted by atomic mass is 16.3. The van der Waals surface area contributed by atoms with Crippen molar-refractivity contribution in [2.45, 2.75) is 6.92 Å². The Labute approximate surface area is 104 Å². The molecule has 88 valence electrons. The third-order valence-corrected chi connectivity index (χ3v) is 2.83. The van der Waals surface area contributed by atoms with Crippen LogP contribution in [0.15, 0.2) is 52.9 Å². The summed E-state index contributed by atoms with van der Waals surface area (Å²) in [5, 5.41) is 0. The lowest BCUT2D eigenvalue weighted by atomic mass is 10.0. The molecule has 0 aliphatic heterocycles. The standard InChI is InChI=1S/C15H11NO2/c1-10(17)11-6-2-3-7-12(11)15-16-13-8-4-5-9-14(13)18-15/h2-9H,1H3. The number of hydrogen-bond donors (Lipinski definition) is 0. The number of hydrogen-bond acceptors (Lipinski definition) is 3. The van der Waals surface area contributed by atoms with Crippen LogP contribution in [0.3, 0.4) is 0 Å². The first kappa shape index (κ1) is 10.7. The van der Waals surface area contributed by atoms with Crippen molar-refractivity contribution in [3.05, 3.63) is 54.1 Å². The van der Waals surface area contributed by atoms with E-state index >= 15 is 0 Å². The fourth-order valence-electron chi connectivity index (χ4n) is 1.96. The second kappa shape index (κ2) is 4.11. The summed E-state index contributed by atoms with van der Waals surface area (Å²) in [6.45, 7) is 1.54. The van der Waals surface area contributed by atoms with Crippen LogP contribution in [-0.4, -0.2) is 10.8 Å². The number of ketones is 1. The van der Waals surface area contributed by atoms with Crippen molar-refractivity contribution >= 4 is 16.9 Å². The zero-order chi connectivity index (χ0) is 12.5. The topological polar surface area (TPSA) is 43.1 Å². The van der Waals surface area contributed by atoms with Crippen molar-refractivity contribution < 1.29 is 9.21 Å². The number of carbonyl (C=O) groups is 1. The highest BCUT2D eigenvalue weighted by molar-refractivity contribution is 6.00. The number of para-hydroxylation sites is 2. The van der Waals surface area contributed by atoms with Crippen molar-refractivity contribution in [2.24, 2.45) is 0 Å². The van der Waals surface area contributed by atoms with Gasteiger partial charge >= 0.3 is 0 Å². The molecule has 3 nitrogen and oxygen atoms in total. The summed E-state index contributed by atoms with van der Waals surface area (Å²) in [4.78, 5) is 16.0. The average molecular weight is 237 g/mol. The van der Waals surface area contributed by atoms with Crippen molar-refractivity contribution in [1.82, 2.24) is 4.98 Å². The zero-order valence-corrected chi connectivity index (χ0v) is 9.88. The Morgan fingerprint density at radius 2 is 1.78 bits per heavy atom. The van der Waals surface area contributed by atoms with Crippen molar-refractivity contribution in [3.63, 3.8) is 0 Å². The van der Waals surface area contributed by atoms with Gasteiger partial charge < -0.3 is 4.42 Å². The Morgan fingerprint density at radius 1 is 1.06 bits per heavy atom. The molecule has 1 aromatic heterocycles. The van der Waals surface area contributed by atoms with Crippen LogP contribution in [0.4, 0.5) is 0 Å². The number of nitrogens with zero attached hydrogens (tertiary/aromatic N) is 1. The summed E-state index contributed by atoms with van der Waals surface area (Å²) in [6, 6.07) is 14.9. The van der Waals surface area contributed by atoms with Crippen LogP contribution in [0.1, 0.15) is 17.3 Å². The van der Waals surface area contributed by atoms with E-state index in [9.17, 15) is 4.79 Å².